The van der Waals surface area contributed by atoms with Crippen LogP contribution >= 0.6 is 11.6 Å². The number of pyridine rings is 1. The first-order valence-electron chi connectivity index (χ1n) is 15.8. The van der Waals surface area contributed by atoms with E-state index >= 15 is 0 Å². The number of urea groups is 1. The van der Waals surface area contributed by atoms with Crippen LogP contribution in [0.25, 0.3) is 0 Å². The molecule has 258 valence electrons. The zero-order valence-electron chi connectivity index (χ0n) is 27.5. The number of aliphatic hydroxyl groups is 1. The molecule has 0 spiro atoms. The summed E-state index contributed by atoms with van der Waals surface area (Å²) in [4.78, 5) is 46.9. The molecule has 0 aliphatic carbocycles. The van der Waals surface area contributed by atoms with Crippen LogP contribution in [0.3, 0.4) is 0 Å². The molecule has 0 bridgehead atoms. The second-order valence-corrected chi connectivity index (χ2v) is 15.0. The number of imide groups is 1. The van der Waals surface area contributed by atoms with Gasteiger partial charge in [-0.15, -0.1) is 0 Å². The summed E-state index contributed by atoms with van der Waals surface area (Å²) in [6.07, 6.45) is 0.372. The van der Waals surface area contributed by atoms with Crippen LogP contribution < -0.4 is 11.1 Å². The number of aromatic nitrogens is 1. The lowest BCUT2D eigenvalue weighted by molar-refractivity contribution is -0.129. The Morgan fingerprint density at radius 2 is 1.73 bits per heavy atom. The molecule has 2 aromatic carbocycles. The molecule has 4 N–H and O–H groups in total. The Morgan fingerprint density at radius 1 is 1.04 bits per heavy atom. The number of carbonyl (C=O) groups is 3. The highest BCUT2D eigenvalue weighted by molar-refractivity contribution is 7.89. The Morgan fingerprint density at radius 3 is 2.33 bits per heavy atom. The van der Waals surface area contributed by atoms with E-state index in [2.05, 4.69) is 10.3 Å². The van der Waals surface area contributed by atoms with E-state index in [1.165, 1.54) is 27.4 Å². The molecule has 1 aliphatic rings. The van der Waals surface area contributed by atoms with E-state index in [1.54, 1.807) is 38.2 Å². The van der Waals surface area contributed by atoms with Crippen molar-refractivity contribution in [1.82, 2.24) is 24.4 Å². The van der Waals surface area contributed by atoms with E-state index in [0.717, 1.165) is 10.5 Å². The molecular weight excluding hydrogens is 656 g/mol. The Kier molecular flexibility index (Phi) is 12.2. The molecule has 0 saturated carbocycles. The van der Waals surface area contributed by atoms with Gasteiger partial charge in [-0.1, -0.05) is 75.7 Å². The molecule has 1 fully saturated rings. The summed E-state index contributed by atoms with van der Waals surface area (Å²) in [7, 11) is -4.13. The van der Waals surface area contributed by atoms with Gasteiger partial charge in [-0.2, -0.15) is 4.31 Å². The molecule has 12 nitrogen and oxygen atoms in total. The number of nitrogens with one attached hydrogen (secondary N) is 1. The van der Waals surface area contributed by atoms with Crippen molar-refractivity contribution >= 4 is 45.2 Å². The number of sulfonamides is 1. The summed E-state index contributed by atoms with van der Waals surface area (Å²) >= 11 is 6.04. The van der Waals surface area contributed by atoms with Gasteiger partial charge in [0, 0.05) is 19.3 Å². The topological polar surface area (TPSA) is 166 Å². The Labute approximate surface area is 286 Å². The number of hydrogen-bond acceptors (Lipinski definition) is 8. The maximum absolute atomic E-state index is 14.0. The van der Waals surface area contributed by atoms with Gasteiger partial charge < -0.3 is 21.1 Å². The van der Waals surface area contributed by atoms with E-state index in [1.807, 2.05) is 44.2 Å². The molecule has 4 rings (SSSR count). The molecule has 3 aromatic rings. The number of rotatable bonds is 15. The maximum atomic E-state index is 14.0. The Bertz CT molecular complexity index is 1690. The molecule has 0 radical (unpaired) electrons. The average Bonchev–Trinajstić information content (AvgIpc) is 3.30. The maximum Gasteiger partial charge on any atom is 0.328 e. The van der Waals surface area contributed by atoms with Gasteiger partial charge >= 0.3 is 6.03 Å². The van der Waals surface area contributed by atoms with Gasteiger partial charge in [0.2, 0.25) is 15.9 Å². The smallest absolute Gasteiger partial charge is 0.328 e. The van der Waals surface area contributed by atoms with Crippen LogP contribution in [0.4, 0.5) is 10.5 Å². The van der Waals surface area contributed by atoms with Crippen molar-refractivity contribution in [1.29, 1.82) is 0 Å². The van der Waals surface area contributed by atoms with E-state index in [-0.39, 0.29) is 54.1 Å². The summed E-state index contributed by atoms with van der Waals surface area (Å²) in [6, 6.07) is 15.8. The van der Waals surface area contributed by atoms with Crippen LogP contribution in [0, 0.1) is 11.8 Å². The lowest BCUT2D eigenvalue weighted by atomic mass is 9.97. The minimum atomic E-state index is -4.13. The zero-order chi connectivity index (χ0) is 35.2. The lowest BCUT2D eigenvalue weighted by Gasteiger charge is -2.34. The van der Waals surface area contributed by atoms with Gasteiger partial charge in [-0.05, 0) is 54.2 Å². The first-order chi connectivity index (χ1) is 22.7. The van der Waals surface area contributed by atoms with Crippen LogP contribution in [0.5, 0.6) is 0 Å². The fourth-order valence-electron chi connectivity index (χ4n) is 5.66. The third-order valence-electron chi connectivity index (χ3n) is 8.02. The largest absolute Gasteiger partial charge is 0.397 e. The van der Waals surface area contributed by atoms with Crippen LogP contribution in [0.15, 0.2) is 77.8 Å². The van der Waals surface area contributed by atoms with Crippen molar-refractivity contribution in [3.8, 4) is 0 Å². The third-order valence-corrected chi connectivity index (χ3v) is 10.2. The molecular formula is C34H43ClN6O6S. The van der Waals surface area contributed by atoms with Crippen molar-refractivity contribution in [3.05, 3.63) is 89.2 Å². The van der Waals surface area contributed by atoms with Crippen LogP contribution in [-0.4, -0.2) is 88.3 Å². The zero-order valence-corrected chi connectivity index (χ0v) is 29.1. The minimum Gasteiger partial charge on any atom is -0.397 e. The summed E-state index contributed by atoms with van der Waals surface area (Å²) in [5, 5.41) is 14.8. The Balaban J connectivity index is 1.60. The number of nitrogen functional groups attached to an aromatic ring is 1. The predicted octanol–water partition coefficient (Wildman–Crippen LogP) is 3.54. The highest BCUT2D eigenvalue weighted by atomic mass is 35.5. The molecule has 1 aromatic heterocycles. The van der Waals surface area contributed by atoms with E-state index in [0.29, 0.717) is 5.69 Å². The first kappa shape index (κ1) is 36.8. The van der Waals surface area contributed by atoms with Gasteiger partial charge in [0.15, 0.2) is 0 Å². The minimum absolute atomic E-state index is 0.0315. The van der Waals surface area contributed by atoms with Gasteiger partial charge in [-0.3, -0.25) is 19.5 Å². The van der Waals surface area contributed by atoms with Crippen molar-refractivity contribution in [2.24, 2.45) is 11.8 Å². The molecule has 14 heteroatoms. The van der Waals surface area contributed by atoms with E-state index < -0.39 is 52.0 Å². The molecule has 4 amide bonds. The number of halogens is 1. The number of aliphatic hydroxyl groups excluding tert-OH is 1. The van der Waals surface area contributed by atoms with Gasteiger partial charge in [-0.25, -0.2) is 13.2 Å². The van der Waals surface area contributed by atoms with Crippen molar-refractivity contribution in [3.63, 3.8) is 0 Å². The van der Waals surface area contributed by atoms with Crippen molar-refractivity contribution in [2.75, 3.05) is 25.4 Å². The van der Waals surface area contributed by atoms with Gasteiger partial charge in [0.05, 0.1) is 40.0 Å². The van der Waals surface area contributed by atoms with Gasteiger partial charge in [0.25, 0.3) is 5.91 Å². The lowest BCUT2D eigenvalue weighted by Crippen LogP contribution is -2.57. The Hall–Kier alpha value is -4.04. The molecule has 48 heavy (non-hydrogen) atoms. The summed E-state index contributed by atoms with van der Waals surface area (Å²) < 4.78 is 28.8. The molecule has 2 heterocycles. The van der Waals surface area contributed by atoms with E-state index in [9.17, 15) is 27.9 Å². The highest BCUT2D eigenvalue weighted by Gasteiger charge is 2.44. The van der Waals surface area contributed by atoms with Crippen LogP contribution in [-0.2, 0) is 32.6 Å². The normalized spacial score (nSPS) is 15.8. The number of nitrogens with zero attached hydrogens (tertiary/aromatic N) is 4. The molecule has 0 unspecified atom stereocenters. The second-order valence-electron chi connectivity index (χ2n) is 12.7. The number of amides is 4. The first-order valence-corrected chi connectivity index (χ1v) is 17.6. The number of benzene rings is 2. The van der Waals surface area contributed by atoms with Gasteiger partial charge in [0.1, 0.15) is 12.6 Å². The molecule has 1 saturated heterocycles. The second kappa shape index (κ2) is 15.9. The quantitative estimate of drug-likeness (QED) is 0.160. The number of hydrogen-bond donors (Lipinski definition) is 3. The van der Waals surface area contributed by atoms with Crippen LogP contribution in [0.2, 0.25) is 5.02 Å². The number of anilines is 1. The summed E-state index contributed by atoms with van der Waals surface area (Å²) in [5.41, 5.74) is 7.33. The summed E-state index contributed by atoms with van der Waals surface area (Å²) in [6.45, 7) is 6.65. The highest BCUT2D eigenvalue weighted by Crippen LogP contribution is 2.26. The summed E-state index contributed by atoms with van der Waals surface area (Å²) in [5.74, 6) is -1.53. The fraction of sp³-hybridized carbons (Fsp3) is 0.412. The third kappa shape index (κ3) is 8.90. The van der Waals surface area contributed by atoms with Crippen molar-refractivity contribution in [2.45, 2.75) is 63.7 Å². The van der Waals surface area contributed by atoms with Crippen LogP contribution in [0.1, 0.15) is 39.0 Å². The number of carbonyl (C=O) groups excluding carboxylic acids is 3. The average molecular weight is 699 g/mol. The van der Waals surface area contributed by atoms with E-state index in [4.69, 9.17) is 17.3 Å². The molecule has 1 aliphatic heterocycles. The molecule has 3 atom stereocenters. The fourth-order valence-corrected chi connectivity index (χ4v) is 7.43. The standard InChI is InChI=1S/C34H43ClN6O6S/c1-22(2)18-39(48(46,47)26-13-14-27(35)28(36)17-26)20-30(42)29(16-24-10-6-5-7-11-24)38-33(44)32(23(3)4)41-21-31(43)40(34(41)45)19-25-12-8-9-15-37-25/h5-15,17,22-23,29-30,32,42H,16,18-21,36H2,1-4H3,(H,38,44)/t29-,30+,32-/m0/s1. The SMILES string of the molecule is CC(C)CN(C[C@@H](O)[C@H](Cc1ccccc1)NC(=O)[C@H](C(C)C)N1CC(=O)N(Cc2ccccn2)C1=O)S(=O)(=O)c1ccc(Cl)c(N)c1. The number of nitrogens with two attached hydrogens (primary N) is 1. The monoisotopic (exact) mass is 698 g/mol. The van der Waals surface area contributed by atoms with Crippen molar-refractivity contribution < 1.29 is 27.9 Å². The predicted molar refractivity (Wildman–Crippen MR) is 183 cm³/mol.